The van der Waals surface area contributed by atoms with Gasteiger partial charge in [0.1, 0.15) is 25.1 Å². The van der Waals surface area contributed by atoms with Gasteiger partial charge in [-0.05, 0) is 29.5 Å². The fourth-order valence-corrected chi connectivity index (χ4v) is 4.97. The number of benzene rings is 3. The van der Waals surface area contributed by atoms with E-state index in [1.807, 2.05) is 49.4 Å². The summed E-state index contributed by atoms with van der Waals surface area (Å²) in [7, 11) is 0. The molecule has 49 heavy (non-hydrogen) atoms. The van der Waals surface area contributed by atoms with Crippen molar-refractivity contribution in [3.05, 3.63) is 77.9 Å². The van der Waals surface area contributed by atoms with E-state index in [0.717, 1.165) is 10.8 Å². The maximum absolute atomic E-state index is 13.5. The third-order valence-electron chi connectivity index (χ3n) is 7.68. The average Bonchev–Trinajstić information content (AvgIpc) is 3.91. The number of hydrogen-bond donors (Lipinski definition) is 5. The van der Waals surface area contributed by atoms with Crippen molar-refractivity contribution in [2.75, 3.05) is 65.8 Å². The molecule has 1 heterocycles. The smallest absolute Gasteiger partial charge is 0.426 e. The van der Waals surface area contributed by atoms with Gasteiger partial charge in [-0.25, -0.2) is 15.6 Å². The average molecular weight is 692 g/mol. The molecule has 1 saturated heterocycles. The minimum absolute atomic E-state index is 0.0000890. The maximum atomic E-state index is 13.5. The van der Waals surface area contributed by atoms with Gasteiger partial charge in [-0.3, -0.25) is 4.79 Å². The predicted octanol–water partition coefficient (Wildman–Crippen LogP) is 3.19. The number of amides is 2. The SMILES string of the molecule is CCOCCOCCOC(=O)NCCN(Cc1ccc(C2(C(F)(F)F)NN2)cc1)C(=O)CCNC[C@H](O)COc1cccc2ccccc12. The first-order chi connectivity index (χ1) is 23.6. The molecule has 1 atom stereocenters. The van der Waals surface area contributed by atoms with Gasteiger partial charge in [-0.2, -0.15) is 13.2 Å². The number of rotatable bonds is 21. The van der Waals surface area contributed by atoms with Crippen molar-refractivity contribution in [2.24, 2.45) is 0 Å². The summed E-state index contributed by atoms with van der Waals surface area (Å²) < 4.78 is 61.8. The Balaban J connectivity index is 1.24. The Morgan fingerprint density at radius 1 is 0.939 bits per heavy atom. The number of halogens is 3. The van der Waals surface area contributed by atoms with E-state index in [2.05, 4.69) is 21.5 Å². The standard InChI is InChI=1S/C34H44F3N5O7/c1-2-46-18-19-47-20-21-48-32(45)39-16-17-42(23-25-10-12-27(13-11-25)33(40-41-33)34(35,36)37)31(44)14-15-38-22-28(43)24-49-30-9-5-7-26-6-3-4-8-29(26)30/h3-13,28,38,40-41,43H,2,14-24H2,1H3,(H,39,45)/t28-/m0/s1. The molecule has 1 aliphatic rings. The molecule has 3 aromatic rings. The lowest BCUT2D eigenvalue weighted by molar-refractivity contribution is -0.165. The van der Waals surface area contributed by atoms with E-state index < -0.39 is 24.0 Å². The highest BCUT2D eigenvalue weighted by Crippen LogP contribution is 2.42. The third kappa shape index (κ3) is 11.5. The first-order valence-corrected chi connectivity index (χ1v) is 16.2. The number of nitrogens with zero attached hydrogens (tertiary/aromatic N) is 1. The highest BCUT2D eigenvalue weighted by molar-refractivity contribution is 5.88. The Morgan fingerprint density at radius 3 is 2.39 bits per heavy atom. The Bertz CT molecular complexity index is 1470. The second-order valence-electron chi connectivity index (χ2n) is 11.3. The van der Waals surface area contributed by atoms with E-state index in [0.29, 0.717) is 31.1 Å². The van der Waals surface area contributed by atoms with Crippen molar-refractivity contribution < 1.29 is 46.8 Å². The van der Waals surface area contributed by atoms with E-state index in [-0.39, 0.29) is 70.4 Å². The molecule has 0 aliphatic carbocycles. The van der Waals surface area contributed by atoms with Crippen LogP contribution in [0.1, 0.15) is 24.5 Å². The molecule has 0 spiro atoms. The monoisotopic (exact) mass is 691 g/mol. The molecule has 268 valence electrons. The summed E-state index contributed by atoms with van der Waals surface area (Å²) in [6, 6.07) is 19.3. The molecular formula is C34H44F3N5O7. The van der Waals surface area contributed by atoms with Gasteiger partial charge < -0.3 is 39.6 Å². The minimum atomic E-state index is -4.53. The molecule has 4 rings (SSSR count). The highest BCUT2D eigenvalue weighted by atomic mass is 19.4. The molecule has 1 fully saturated rings. The molecule has 0 aromatic heterocycles. The van der Waals surface area contributed by atoms with Crippen LogP contribution in [-0.4, -0.2) is 100 Å². The molecule has 3 aromatic carbocycles. The zero-order valence-electron chi connectivity index (χ0n) is 27.4. The van der Waals surface area contributed by atoms with Crippen molar-refractivity contribution >= 4 is 22.8 Å². The van der Waals surface area contributed by atoms with Gasteiger partial charge in [0.25, 0.3) is 0 Å². The zero-order valence-corrected chi connectivity index (χ0v) is 27.4. The summed E-state index contributed by atoms with van der Waals surface area (Å²) in [6.45, 7) is 4.34. The van der Waals surface area contributed by atoms with Crippen molar-refractivity contribution in [3.63, 3.8) is 0 Å². The fourth-order valence-electron chi connectivity index (χ4n) is 4.97. The second-order valence-corrected chi connectivity index (χ2v) is 11.3. The van der Waals surface area contributed by atoms with Crippen LogP contribution < -0.4 is 26.2 Å². The number of carbonyl (C=O) groups is 2. The Hall–Kier alpha value is -3.99. The summed E-state index contributed by atoms with van der Waals surface area (Å²) in [5.41, 5.74) is 2.67. The second kappa shape index (κ2) is 18.7. The van der Waals surface area contributed by atoms with Gasteiger partial charge in [0.15, 0.2) is 0 Å². The van der Waals surface area contributed by atoms with Crippen LogP contribution in [0.15, 0.2) is 66.7 Å². The highest BCUT2D eigenvalue weighted by Gasteiger charge is 2.65. The first kappa shape index (κ1) is 37.8. The van der Waals surface area contributed by atoms with Crippen LogP contribution in [0.4, 0.5) is 18.0 Å². The number of aliphatic hydroxyl groups excluding tert-OH is 1. The number of carbonyl (C=O) groups excluding carboxylic acids is 2. The van der Waals surface area contributed by atoms with Crippen LogP contribution in [0.5, 0.6) is 5.75 Å². The third-order valence-corrected chi connectivity index (χ3v) is 7.68. The molecule has 0 unspecified atom stereocenters. The number of alkyl halides is 3. The summed E-state index contributed by atoms with van der Waals surface area (Å²) in [5.74, 6) is 0.408. The van der Waals surface area contributed by atoms with E-state index in [1.54, 1.807) is 0 Å². The number of fused-ring (bicyclic) bond motifs is 1. The molecule has 0 bridgehead atoms. The van der Waals surface area contributed by atoms with Crippen LogP contribution in [0.2, 0.25) is 0 Å². The molecule has 0 radical (unpaired) electrons. The molecule has 5 N–H and O–H groups in total. The molecule has 2 amide bonds. The molecule has 15 heteroatoms. The van der Waals surface area contributed by atoms with Crippen LogP contribution in [-0.2, 0) is 31.2 Å². The quantitative estimate of drug-likeness (QED) is 0.0829. The van der Waals surface area contributed by atoms with E-state index in [9.17, 15) is 27.9 Å². The Morgan fingerprint density at radius 2 is 1.65 bits per heavy atom. The van der Waals surface area contributed by atoms with Crippen molar-refractivity contribution in [1.29, 1.82) is 0 Å². The number of nitrogens with one attached hydrogen (secondary N) is 4. The number of ether oxygens (including phenoxy) is 4. The maximum Gasteiger partial charge on any atom is 0.426 e. The van der Waals surface area contributed by atoms with Crippen LogP contribution >= 0.6 is 0 Å². The van der Waals surface area contributed by atoms with E-state index in [1.165, 1.54) is 29.2 Å². The molecular weight excluding hydrogens is 647 g/mol. The minimum Gasteiger partial charge on any atom is -0.490 e. The number of alkyl carbamates (subject to hydrolysis) is 1. The Kier molecular flexibility index (Phi) is 14.4. The normalized spacial score (nSPS) is 14.3. The zero-order chi connectivity index (χ0) is 35.1. The lowest BCUT2D eigenvalue weighted by atomic mass is 10.0. The summed E-state index contributed by atoms with van der Waals surface area (Å²) in [5, 5.41) is 18.1. The Labute approximate surface area is 283 Å². The van der Waals surface area contributed by atoms with E-state index >= 15 is 0 Å². The largest absolute Gasteiger partial charge is 0.490 e. The lowest BCUT2D eigenvalue weighted by Crippen LogP contribution is -2.40. The summed E-state index contributed by atoms with van der Waals surface area (Å²) in [4.78, 5) is 26.9. The number of aliphatic hydroxyl groups is 1. The summed E-state index contributed by atoms with van der Waals surface area (Å²) in [6.07, 6.45) is -5.96. The molecule has 1 aliphatic heterocycles. The lowest BCUT2D eigenvalue weighted by Gasteiger charge is -2.24. The van der Waals surface area contributed by atoms with Crippen molar-refractivity contribution in [2.45, 2.75) is 37.8 Å². The molecule has 0 saturated carbocycles. The van der Waals surface area contributed by atoms with Gasteiger partial charge in [-0.15, -0.1) is 0 Å². The fraction of sp³-hybridized carbons (Fsp3) is 0.471. The van der Waals surface area contributed by atoms with E-state index in [4.69, 9.17) is 18.9 Å². The first-order valence-electron chi connectivity index (χ1n) is 16.2. The number of hydrogen-bond acceptors (Lipinski definition) is 10. The molecule has 12 nitrogen and oxygen atoms in total. The van der Waals surface area contributed by atoms with Gasteiger partial charge in [0.2, 0.25) is 11.6 Å². The van der Waals surface area contributed by atoms with Gasteiger partial charge >= 0.3 is 12.3 Å². The van der Waals surface area contributed by atoms with Crippen molar-refractivity contribution in [1.82, 2.24) is 26.4 Å². The van der Waals surface area contributed by atoms with Crippen LogP contribution in [0, 0.1) is 0 Å². The summed E-state index contributed by atoms with van der Waals surface area (Å²) >= 11 is 0. The van der Waals surface area contributed by atoms with Gasteiger partial charge in [-0.1, -0.05) is 60.7 Å². The van der Waals surface area contributed by atoms with Gasteiger partial charge in [0.05, 0.1) is 19.8 Å². The van der Waals surface area contributed by atoms with Crippen LogP contribution in [0.3, 0.4) is 0 Å². The predicted molar refractivity (Wildman–Crippen MR) is 175 cm³/mol. The number of hydrazine groups is 1. The van der Waals surface area contributed by atoms with Gasteiger partial charge in [0, 0.05) is 51.1 Å². The van der Waals surface area contributed by atoms with Crippen molar-refractivity contribution in [3.8, 4) is 5.75 Å². The van der Waals surface area contributed by atoms with Crippen LogP contribution in [0.25, 0.3) is 10.8 Å². The topological polar surface area (TPSA) is 162 Å².